The zero-order chi connectivity index (χ0) is 15.0. The Morgan fingerprint density at radius 3 is 2.20 bits per heavy atom. The van der Waals surface area contributed by atoms with E-state index in [0.29, 0.717) is 19.0 Å². The van der Waals surface area contributed by atoms with Crippen LogP contribution in [0.4, 0.5) is 8.78 Å². The molecule has 1 nitrogen and oxygen atoms in total. The highest BCUT2D eigenvalue weighted by Crippen LogP contribution is 2.28. The number of rotatable bonds is 4. The topological polar surface area (TPSA) is 3.24 Å². The third-order valence-corrected chi connectivity index (χ3v) is 3.83. The lowest BCUT2D eigenvalue weighted by Gasteiger charge is -2.32. The van der Waals surface area contributed by atoms with Gasteiger partial charge in [-0.1, -0.05) is 51.1 Å². The van der Waals surface area contributed by atoms with Crippen molar-refractivity contribution >= 4 is 0 Å². The highest BCUT2D eigenvalue weighted by atomic mass is 19.3. The molecule has 0 aromatic heterocycles. The number of halogens is 2. The van der Waals surface area contributed by atoms with Crippen LogP contribution < -0.4 is 0 Å². The number of benzene rings is 1. The van der Waals surface area contributed by atoms with Gasteiger partial charge in [0.05, 0.1) is 0 Å². The SMILES string of the molecule is CC.CC(CCN1CCC(F)(F)CC1)c1ccccc1. The third-order valence-electron chi connectivity index (χ3n) is 3.83. The first-order chi connectivity index (χ1) is 9.57. The quantitative estimate of drug-likeness (QED) is 0.756. The second kappa shape index (κ2) is 8.35. The summed E-state index contributed by atoms with van der Waals surface area (Å²) in [5.41, 5.74) is 1.33. The van der Waals surface area contributed by atoms with Crippen molar-refractivity contribution in [3.05, 3.63) is 35.9 Å². The first-order valence-electron chi connectivity index (χ1n) is 7.72. The molecule has 1 fully saturated rings. The minimum atomic E-state index is -2.43. The van der Waals surface area contributed by atoms with Crippen LogP contribution >= 0.6 is 0 Å². The predicted molar refractivity (Wildman–Crippen MR) is 81.4 cm³/mol. The fraction of sp³-hybridized carbons (Fsp3) is 0.647. The van der Waals surface area contributed by atoms with E-state index in [0.717, 1.165) is 13.0 Å². The van der Waals surface area contributed by atoms with Crippen molar-refractivity contribution in [1.29, 1.82) is 0 Å². The Morgan fingerprint density at radius 1 is 1.10 bits per heavy atom. The molecular weight excluding hydrogens is 256 g/mol. The lowest BCUT2D eigenvalue weighted by molar-refractivity contribution is -0.0553. The number of likely N-dealkylation sites (tertiary alicyclic amines) is 1. The van der Waals surface area contributed by atoms with E-state index in [1.807, 2.05) is 32.0 Å². The molecule has 1 heterocycles. The standard InChI is InChI=1S/C15H21F2N.C2H6/c1-13(14-5-3-2-4-6-14)7-10-18-11-8-15(16,17)9-12-18;1-2/h2-6,13H,7-12H2,1H3;1-2H3. The van der Waals surface area contributed by atoms with Gasteiger partial charge in [-0.3, -0.25) is 0 Å². The molecule has 1 aromatic carbocycles. The Balaban J connectivity index is 0.000000956. The maximum Gasteiger partial charge on any atom is 0.250 e. The summed E-state index contributed by atoms with van der Waals surface area (Å²) in [4.78, 5) is 2.16. The van der Waals surface area contributed by atoms with Crippen molar-refractivity contribution < 1.29 is 8.78 Å². The van der Waals surface area contributed by atoms with Crippen LogP contribution in [-0.4, -0.2) is 30.5 Å². The molecule has 0 aliphatic carbocycles. The van der Waals surface area contributed by atoms with Gasteiger partial charge in [-0.05, 0) is 24.4 Å². The van der Waals surface area contributed by atoms with Gasteiger partial charge in [0.25, 0.3) is 5.92 Å². The lowest BCUT2D eigenvalue weighted by Crippen LogP contribution is -2.39. The molecule has 114 valence electrons. The zero-order valence-electron chi connectivity index (χ0n) is 12.9. The molecular formula is C17H27F2N. The van der Waals surface area contributed by atoms with Crippen LogP contribution in [0.5, 0.6) is 0 Å². The van der Waals surface area contributed by atoms with E-state index >= 15 is 0 Å². The zero-order valence-corrected chi connectivity index (χ0v) is 12.9. The van der Waals surface area contributed by atoms with Crippen LogP contribution in [0, 0.1) is 0 Å². The smallest absolute Gasteiger partial charge is 0.250 e. The summed E-state index contributed by atoms with van der Waals surface area (Å²) in [7, 11) is 0. The monoisotopic (exact) mass is 283 g/mol. The summed E-state index contributed by atoms with van der Waals surface area (Å²) < 4.78 is 26.0. The van der Waals surface area contributed by atoms with E-state index in [1.54, 1.807) is 0 Å². The van der Waals surface area contributed by atoms with Crippen LogP contribution in [0.3, 0.4) is 0 Å². The first kappa shape index (κ1) is 17.1. The second-order valence-corrected chi connectivity index (χ2v) is 5.30. The molecule has 0 amide bonds. The van der Waals surface area contributed by atoms with Gasteiger partial charge >= 0.3 is 0 Å². The molecule has 1 aliphatic rings. The van der Waals surface area contributed by atoms with Crippen molar-refractivity contribution in [2.45, 2.75) is 51.9 Å². The van der Waals surface area contributed by atoms with Gasteiger partial charge in [-0.25, -0.2) is 8.78 Å². The number of hydrogen-bond donors (Lipinski definition) is 0. The van der Waals surface area contributed by atoms with Gasteiger partial charge in [0.2, 0.25) is 0 Å². The Bertz CT molecular complexity index is 355. The summed E-state index contributed by atoms with van der Waals surface area (Å²) >= 11 is 0. The lowest BCUT2D eigenvalue weighted by atomic mass is 9.97. The summed E-state index contributed by atoms with van der Waals surface area (Å²) in [6, 6.07) is 10.4. The summed E-state index contributed by atoms with van der Waals surface area (Å²) in [5.74, 6) is -1.93. The summed E-state index contributed by atoms with van der Waals surface area (Å²) in [6.45, 7) is 8.20. The third kappa shape index (κ3) is 5.58. The van der Waals surface area contributed by atoms with Gasteiger partial charge in [0, 0.05) is 25.9 Å². The number of alkyl halides is 2. The average molecular weight is 283 g/mol. The van der Waals surface area contributed by atoms with E-state index in [4.69, 9.17) is 0 Å². The summed E-state index contributed by atoms with van der Waals surface area (Å²) in [5, 5.41) is 0. The van der Waals surface area contributed by atoms with Crippen LogP contribution in [-0.2, 0) is 0 Å². The minimum absolute atomic E-state index is 0.0206. The van der Waals surface area contributed by atoms with Crippen LogP contribution in [0.1, 0.15) is 51.5 Å². The van der Waals surface area contributed by atoms with Crippen molar-refractivity contribution in [2.75, 3.05) is 19.6 Å². The first-order valence-corrected chi connectivity index (χ1v) is 7.72. The van der Waals surface area contributed by atoms with E-state index in [9.17, 15) is 8.78 Å². The molecule has 0 saturated carbocycles. The maximum atomic E-state index is 13.0. The Labute approximate surface area is 122 Å². The molecule has 1 aromatic rings. The van der Waals surface area contributed by atoms with Gasteiger partial charge < -0.3 is 4.90 Å². The number of nitrogens with zero attached hydrogens (tertiary/aromatic N) is 1. The van der Waals surface area contributed by atoms with Gasteiger partial charge in [0.15, 0.2) is 0 Å². The molecule has 1 atom stereocenters. The molecule has 0 radical (unpaired) electrons. The van der Waals surface area contributed by atoms with Crippen LogP contribution in [0.25, 0.3) is 0 Å². The van der Waals surface area contributed by atoms with E-state index in [-0.39, 0.29) is 12.8 Å². The number of hydrogen-bond acceptors (Lipinski definition) is 1. The molecule has 0 N–H and O–H groups in total. The predicted octanol–water partition coefficient (Wildman–Crippen LogP) is 4.94. The van der Waals surface area contributed by atoms with Crippen LogP contribution in [0.15, 0.2) is 30.3 Å². The van der Waals surface area contributed by atoms with Crippen molar-refractivity contribution in [2.24, 2.45) is 0 Å². The molecule has 1 aliphatic heterocycles. The molecule has 2 rings (SSSR count). The minimum Gasteiger partial charge on any atom is -0.303 e. The van der Waals surface area contributed by atoms with Crippen molar-refractivity contribution in [3.8, 4) is 0 Å². The van der Waals surface area contributed by atoms with E-state index in [2.05, 4.69) is 24.0 Å². The molecule has 0 bridgehead atoms. The van der Waals surface area contributed by atoms with Crippen molar-refractivity contribution in [3.63, 3.8) is 0 Å². The van der Waals surface area contributed by atoms with E-state index < -0.39 is 5.92 Å². The fourth-order valence-electron chi connectivity index (χ4n) is 2.43. The number of piperidine rings is 1. The van der Waals surface area contributed by atoms with Gasteiger partial charge in [-0.15, -0.1) is 0 Å². The molecule has 20 heavy (non-hydrogen) atoms. The molecule has 1 saturated heterocycles. The molecule has 0 spiro atoms. The molecule has 1 unspecified atom stereocenters. The normalized spacial score (nSPS) is 19.9. The molecule has 3 heteroatoms. The average Bonchev–Trinajstić information content (AvgIpc) is 2.49. The van der Waals surface area contributed by atoms with Gasteiger partial charge in [-0.2, -0.15) is 0 Å². The maximum absolute atomic E-state index is 13.0. The largest absolute Gasteiger partial charge is 0.303 e. The Morgan fingerprint density at radius 2 is 1.65 bits per heavy atom. The Kier molecular flexibility index (Phi) is 7.14. The highest BCUT2D eigenvalue weighted by Gasteiger charge is 2.33. The fourth-order valence-corrected chi connectivity index (χ4v) is 2.43. The Hall–Kier alpha value is -0.960. The van der Waals surface area contributed by atoms with Crippen LogP contribution in [0.2, 0.25) is 0 Å². The van der Waals surface area contributed by atoms with Crippen molar-refractivity contribution in [1.82, 2.24) is 4.90 Å². The summed E-state index contributed by atoms with van der Waals surface area (Å²) in [6.07, 6.45) is 1.08. The van der Waals surface area contributed by atoms with E-state index in [1.165, 1.54) is 5.56 Å². The second-order valence-electron chi connectivity index (χ2n) is 5.30. The highest BCUT2D eigenvalue weighted by molar-refractivity contribution is 5.18. The van der Waals surface area contributed by atoms with Gasteiger partial charge in [0.1, 0.15) is 0 Å².